The van der Waals surface area contributed by atoms with Gasteiger partial charge in [0.05, 0.1) is 11.7 Å². The summed E-state index contributed by atoms with van der Waals surface area (Å²) in [4.78, 5) is 12.1. The van der Waals surface area contributed by atoms with E-state index in [9.17, 15) is 9.18 Å². The van der Waals surface area contributed by atoms with E-state index in [0.717, 1.165) is 25.0 Å². The fourth-order valence-electron chi connectivity index (χ4n) is 2.52. The van der Waals surface area contributed by atoms with Gasteiger partial charge in [0.15, 0.2) is 0 Å². The van der Waals surface area contributed by atoms with E-state index in [1.54, 1.807) is 42.5 Å². The van der Waals surface area contributed by atoms with E-state index in [1.807, 2.05) is 0 Å². The molecule has 1 N–H and O–H groups in total. The molecule has 1 heterocycles. The van der Waals surface area contributed by atoms with Crippen molar-refractivity contribution in [3.8, 4) is 11.8 Å². The molecule has 0 bridgehead atoms. The summed E-state index contributed by atoms with van der Waals surface area (Å²) in [5.74, 6) is 5.24. The number of carbonyl (C=O) groups excluding carboxylic acids is 1. The number of amides is 1. The SMILES string of the molecule is O=C(NC[C@H]1CCCO1)c1ccc(C#Cc2ccccc2F)cc1. The van der Waals surface area contributed by atoms with Crippen LogP contribution in [0.3, 0.4) is 0 Å². The molecule has 122 valence electrons. The molecule has 1 atom stereocenters. The Morgan fingerprint density at radius 2 is 1.96 bits per heavy atom. The Bertz CT molecular complexity index is 768. The molecule has 0 radical (unpaired) electrons. The molecule has 1 aliphatic rings. The number of benzene rings is 2. The Hall–Kier alpha value is -2.64. The van der Waals surface area contributed by atoms with Crippen molar-refractivity contribution in [2.24, 2.45) is 0 Å². The molecular formula is C20H18FNO2. The number of nitrogens with one attached hydrogen (secondary N) is 1. The smallest absolute Gasteiger partial charge is 0.251 e. The van der Waals surface area contributed by atoms with Gasteiger partial charge < -0.3 is 10.1 Å². The van der Waals surface area contributed by atoms with Gasteiger partial charge in [-0.2, -0.15) is 0 Å². The van der Waals surface area contributed by atoms with Crippen LogP contribution in [0.15, 0.2) is 48.5 Å². The topological polar surface area (TPSA) is 38.3 Å². The van der Waals surface area contributed by atoms with Crippen LogP contribution in [-0.2, 0) is 4.74 Å². The fraction of sp³-hybridized carbons (Fsp3) is 0.250. The van der Waals surface area contributed by atoms with Gasteiger partial charge in [-0.1, -0.05) is 24.0 Å². The molecule has 3 nitrogen and oxygen atoms in total. The minimum absolute atomic E-state index is 0.125. The average molecular weight is 323 g/mol. The maximum absolute atomic E-state index is 13.5. The lowest BCUT2D eigenvalue weighted by molar-refractivity contribution is 0.0858. The van der Waals surface area contributed by atoms with E-state index < -0.39 is 0 Å². The molecule has 2 aromatic carbocycles. The molecular weight excluding hydrogens is 305 g/mol. The fourth-order valence-corrected chi connectivity index (χ4v) is 2.52. The second-order valence-electron chi connectivity index (χ2n) is 5.65. The first-order valence-corrected chi connectivity index (χ1v) is 7.99. The second kappa shape index (κ2) is 7.76. The van der Waals surface area contributed by atoms with E-state index in [-0.39, 0.29) is 17.8 Å². The van der Waals surface area contributed by atoms with Gasteiger partial charge in [0.1, 0.15) is 5.82 Å². The third-order valence-electron chi connectivity index (χ3n) is 3.88. The maximum atomic E-state index is 13.5. The largest absolute Gasteiger partial charge is 0.376 e. The Morgan fingerprint density at radius 1 is 1.17 bits per heavy atom. The zero-order chi connectivity index (χ0) is 16.8. The number of hydrogen-bond donors (Lipinski definition) is 1. The van der Waals surface area contributed by atoms with Crippen molar-refractivity contribution >= 4 is 5.91 Å². The van der Waals surface area contributed by atoms with Crippen molar-refractivity contribution in [2.75, 3.05) is 13.2 Å². The highest BCUT2D eigenvalue weighted by atomic mass is 19.1. The van der Waals surface area contributed by atoms with Crippen LogP contribution in [-0.4, -0.2) is 25.2 Å². The van der Waals surface area contributed by atoms with E-state index >= 15 is 0 Å². The Labute approximate surface area is 140 Å². The van der Waals surface area contributed by atoms with E-state index in [0.29, 0.717) is 17.7 Å². The number of carbonyl (C=O) groups is 1. The van der Waals surface area contributed by atoms with Crippen molar-refractivity contribution < 1.29 is 13.9 Å². The number of hydrogen-bond acceptors (Lipinski definition) is 2. The van der Waals surface area contributed by atoms with Crippen molar-refractivity contribution in [1.29, 1.82) is 0 Å². The van der Waals surface area contributed by atoms with Gasteiger partial charge in [-0.15, -0.1) is 0 Å². The molecule has 1 fully saturated rings. The molecule has 1 amide bonds. The van der Waals surface area contributed by atoms with Crippen LogP contribution in [0.1, 0.15) is 34.3 Å². The predicted octanol–water partition coefficient (Wildman–Crippen LogP) is 3.13. The van der Waals surface area contributed by atoms with Crippen molar-refractivity contribution in [2.45, 2.75) is 18.9 Å². The van der Waals surface area contributed by atoms with Crippen LogP contribution >= 0.6 is 0 Å². The molecule has 0 aromatic heterocycles. The highest BCUT2D eigenvalue weighted by Crippen LogP contribution is 2.11. The monoisotopic (exact) mass is 323 g/mol. The Kier molecular flexibility index (Phi) is 5.25. The second-order valence-corrected chi connectivity index (χ2v) is 5.65. The van der Waals surface area contributed by atoms with Gasteiger partial charge in [-0.3, -0.25) is 4.79 Å². The Morgan fingerprint density at radius 3 is 2.67 bits per heavy atom. The van der Waals surface area contributed by atoms with Gasteiger partial charge in [0.25, 0.3) is 5.91 Å². The quantitative estimate of drug-likeness (QED) is 0.881. The number of ether oxygens (including phenoxy) is 1. The first-order chi connectivity index (χ1) is 11.7. The predicted molar refractivity (Wildman–Crippen MR) is 90.1 cm³/mol. The highest BCUT2D eigenvalue weighted by molar-refractivity contribution is 5.94. The molecule has 0 spiro atoms. The molecule has 4 heteroatoms. The van der Waals surface area contributed by atoms with Gasteiger partial charge in [0.2, 0.25) is 0 Å². The van der Waals surface area contributed by atoms with Crippen LogP contribution in [0, 0.1) is 17.7 Å². The molecule has 0 aliphatic carbocycles. The normalized spacial score (nSPS) is 16.3. The maximum Gasteiger partial charge on any atom is 0.251 e. The summed E-state index contributed by atoms with van der Waals surface area (Å²) in [5.41, 5.74) is 1.66. The summed E-state index contributed by atoms with van der Waals surface area (Å²) in [6.07, 6.45) is 2.17. The molecule has 3 rings (SSSR count). The molecule has 1 saturated heterocycles. The summed E-state index contributed by atoms with van der Waals surface area (Å²) >= 11 is 0. The lowest BCUT2D eigenvalue weighted by Gasteiger charge is -2.10. The molecule has 0 unspecified atom stereocenters. The standard InChI is InChI=1S/C20H18FNO2/c21-19-6-2-1-4-16(19)10-7-15-8-11-17(12-9-15)20(23)22-14-18-5-3-13-24-18/h1-2,4,6,8-9,11-12,18H,3,5,13-14H2,(H,22,23)/t18-/m1/s1. The zero-order valence-corrected chi connectivity index (χ0v) is 13.2. The van der Waals surface area contributed by atoms with Gasteiger partial charge in [-0.05, 0) is 49.2 Å². The first kappa shape index (κ1) is 16.2. The lowest BCUT2D eigenvalue weighted by Crippen LogP contribution is -2.31. The van der Waals surface area contributed by atoms with Gasteiger partial charge >= 0.3 is 0 Å². The first-order valence-electron chi connectivity index (χ1n) is 7.99. The third-order valence-corrected chi connectivity index (χ3v) is 3.88. The van der Waals surface area contributed by atoms with E-state index in [2.05, 4.69) is 17.2 Å². The summed E-state index contributed by atoms with van der Waals surface area (Å²) in [5, 5.41) is 2.88. The minimum atomic E-state index is -0.338. The molecule has 0 saturated carbocycles. The van der Waals surface area contributed by atoms with E-state index in [4.69, 9.17) is 4.74 Å². The third kappa shape index (κ3) is 4.21. The van der Waals surface area contributed by atoms with Crippen LogP contribution in [0.25, 0.3) is 0 Å². The summed E-state index contributed by atoms with van der Waals surface area (Å²) < 4.78 is 19.0. The molecule has 2 aromatic rings. The number of halogens is 1. The molecule has 24 heavy (non-hydrogen) atoms. The van der Waals surface area contributed by atoms with Crippen LogP contribution in [0.2, 0.25) is 0 Å². The van der Waals surface area contributed by atoms with Crippen molar-refractivity contribution in [3.63, 3.8) is 0 Å². The van der Waals surface area contributed by atoms with Crippen molar-refractivity contribution in [1.82, 2.24) is 5.32 Å². The Balaban J connectivity index is 1.61. The van der Waals surface area contributed by atoms with Crippen molar-refractivity contribution in [3.05, 3.63) is 71.0 Å². The van der Waals surface area contributed by atoms with Gasteiger partial charge in [-0.25, -0.2) is 4.39 Å². The van der Waals surface area contributed by atoms with Crippen LogP contribution in [0.5, 0.6) is 0 Å². The van der Waals surface area contributed by atoms with Gasteiger partial charge in [0, 0.05) is 24.3 Å². The minimum Gasteiger partial charge on any atom is -0.376 e. The zero-order valence-electron chi connectivity index (χ0n) is 13.2. The summed E-state index contributed by atoms with van der Waals surface area (Å²) in [7, 11) is 0. The highest BCUT2D eigenvalue weighted by Gasteiger charge is 2.16. The van der Waals surface area contributed by atoms with E-state index in [1.165, 1.54) is 6.07 Å². The lowest BCUT2D eigenvalue weighted by atomic mass is 10.1. The molecule has 1 aliphatic heterocycles. The average Bonchev–Trinajstić information content (AvgIpc) is 3.13. The summed E-state index contributed by atoms with van der Waals surface area (Å²) in [6.45, 7) is 1.31. The number of rotatable bonds is 3. The van der Waals surface area contributed by atoms with Crippen LogP contribution < -0.4 is 5.32 Å². The van der Waals surface area contributed by atoms with Crippen LogP contribution in [0.4, 0.5) is 4.39 Å². The summed E-state index contributed by atoms with van der Waals surface area (Å²) in [6, 6.07) is 13.3.